The van der Waals surface area contributed by atoms with Crippen LogP contribution in [0.25, 0.3) is 0 Å². The molecule has 0 atom stereocenters. The Kier molecular flexibility index (Phi) is 5.14. The molecule has 1 aromatic carbocycles. The van der Waals surface area contributed by atoms with Gasteiger partial charge in [0.1, 0.15) is 4.88 Å². The van der Waals surface area contributed by atoms with Gasteiger partial charge in [0, 0.05) is 24.2 Å². The van der Waals surface area contributed by atoms with Crippen molar-refractivity contribution in [2.45, 2.75) is 19.3 Å². The maximum atomic E-state index is 12.4. The average molecular weight is 358 g/mol. The summed E-state index contributed by atoms with van der Waals surface area (Å²) >= 11 is 1.21. The fraction of sp³-hybridized carbons (Fsp3) is 0.278. The van der Waals surface area contributed by atoms with Gasteiger partial charge in [0.05, 0.1) is 12.8 Å². The molecular formula is C18H18N2O4S. The third-order valence-electron chi connectivity index (χ3n) is 4.05. The zero-order valence-corrected chi connectivity index (χ0v) is 14.6. The molecule has 1 fully saturated rings. The summed E-state index contributed by atoms with van der Waals surface area (Å²) in [6.45, 7) is 0.710. The molecule has 1 aliphatic rings. The largest absolute Gasteiger partial charge is 0.465 e. The van der Waals surface area contributed by atoms with E-state index >= 15 is 0 Å². The van der Waals surface area contributed by atoms with Gasteiger partial charge in [-0.1, -0.05) is 0 Å². The molecule has 6 nitrogen and oxygen atoms in total. The van der Waals surface area contributed by atoms with Crippen molar-refractivity contribution in [3.05, 3.63) is 46.2 Å². The molecule has 25 heavy (non-hydrogen) atoms. The normalized spacial score (nSPS) is 14.3. The highest BCUT2D eigenvalue weighted by atomic mass is 32.1. The maximum Gasteiger partial charge on any atom is 0.350 e. The SMILES string of the molecule is COC(=O)c1sccc1NC(=O)c1ccc(N2CCCCC2=O)cc1. The van der Waals surface area contributed by atoms with Crippen LogP contribution in [0, 0.1) is 0 Å². The third-order valence-corrected chi connectivity index (χ3v) is 4.94. The summed E-state index contributed by atoms with van der Waals surface area (Å²) in [5, 5.41) is 4.44. The minimum atomic E-state index is -0.482. The lowest BCUT2D eigenvalue weighted by Gasteiger charge is -2.26. The van der Waals surface area contributed by atoms with Crippen molar-refractivity contribution in [3.8, 4) is 0 Å². The molecule has 1 N–H and O–H groups in total. The number of nitrogens with one attached hydrogen (secondary N) is 1. The van der Waals surface area contributed by atoms with Crippen molar-refractivity contribution >= 4 is 40.5 Å². The van der Waals surface area contributed by atoms with Gasteiger partial charge in [0.25, 0.3) is 5.91 Å². The summed E-state index contributed by atoms with van der Waals surface area (Å²) in [6.07, 6.45) is 2.48. The Labute approximate surface area is 149 Å². The molecule has 2 heterocycles. The molecule has 130 valence electrons. The number of benzene rings is 1. The molecule has 1 aromatic heterocycles. The number of hydrogen-bond donors (Lipinski definition) is 1. The van der Waals surface area contributed by atoms with Gasteiger partial charge < -0.3 is 15.0 Å². The van der Waals surface area contributed by atoms with Crippen LogP contribution < -0.4 is 10.2 Å². The van der Waals surface area contributed by atoms with Crippen LogP contribution in [0.4, 0.5) is 11.4 Å². The summed E-state index contributed by atoms with van der Waals surface area (Å²) in [5.74, 6) is -0.686. The molecule has 0 aliphatic carbocycles. The van der Waals surface area contributed by atoms with Crippen LogP contribution in [0.1, 0.15) is 39.3 Å². The van der Waals surface area contributed by atoms with Crippen molar-refractivity contribution in [2.75, 3.05) is 23.9 Å². The highest BCUT2D eigenvalue weighted by molar-refractivity contribution is 7.12. The fourth-order valence-electron chi connectivity index (χ4n) is 2.72. The summed E-state index contributed by atoms with van der Waals surface area (Å²) in [7, 11) is 1.30. The van der Waals surface area contributed by atoms with E-state index in [9.17, 15) is 14.4 Å². The molecular weight excluding hydrogens is 340 g/mol. The molecule has 7 heteroatoms. The monoisotopic (exact) mass is 358 g/mol. The lowest BCUT2D eigenvalue weighted by molar-refractivity contribution is -0.119. The summed E-state index contributed by atoms with van der Waals surface area (Å²) in [5.41, 5.74) is 1.68. The number of esters is 1. The molecule has 1 aliphatic heterocycles. The zero-order chi connectivity index (χ0) is 17.8. The Hall–Kier alpha value is -2.67. The highest BCUT2D eigenvalue weighted by Crippen LogP contribution is 2.25. The first-order chi connectivity index (χ1) is 12.1. The number of anilines is 2. The number of nitrogens with zero attached hydrogens (tertiary/aromatic N) is 1. The quantitative estimate of drug-likeness (QED) is 0.851. The Balaban J connectivity index is 1.72. The first-order valence-electron chi connectivity index (χ1n) is 7.97. The van der Waals surface area contributed by atoms with E-state index < -0.39 is 5.97 Å². The number of piperidine rings is 1. The molecule has 0 saturated carbocycles. The fourth-order valence-corrected chi connectivity index (χ4v) is 3.49. The molecule has 0 bridgehead atoms. The number of rotatable bonds is 4. The minimum Gasteiger partial charge on any atom is -0.465 e. The topological polar surface area (TPSA) is 75.7 Å². The van der Waals surface area contributed by atoms with Crippen LogP contribution in [0.3, 0.4) is 0 Å². The molecule has 0 unspecified atom stereocenters. The first-order valence-corrected chi connectivity index (χ1v) is 8.85. The van der Waals surface area contributed by atoms with Gasteiger partial charge in [-0.05, 0) is 48.6 Å². The van der Waals surface area contributed by atoms with E-state index in [4.69, 9.17) is 4.74 Å². The van der Waals surface area contributed by atoms with E-state index in [1.807, 2.05) is 0 Å². The molecule has 3 rings (SSSR count). The van der Waals surface area contributed by atoms with Gasteiger partial charge in [-0.15, -0.1) is 11.3 Å². The Morgan fingerprint density at radius 1 is 1.16 bits per heavy atom. The van der Waals surface area contributed by atoms with Crippen molar-refractivity contribution < 1.29 is 19.1 Å². The van der Waals surface area contributed by atoms with Crippen molar-refractivity contribution in [1.29, 1.82) is 0 Å². The Morgan fingerprint density at radius 3 is 2.60 bits per heavy atom. The summed E-state index contributed by atoms with van der Waals surface area (Å²) in [4.78, 5) is 38.1. The smallest absolute Gasteiger partial charge is 0.350 e. The summed E-state index contributed by atoms with van der Waals surface area (Å²) in [6, 6.07) is 8.56. The lowest BCUT2D eigenvalue weighted by atomic mass is 10.1. The third kappa shape index (κ3) is 3.71. The molecule has 0 radical (unpaired) electrons. The number of amides is 2. The number of hydrogen-bond acceptors (Lipinski definition) is 5. The van der Waals surface area contributed by atoms with Crippen LogP contribution in [0.5, 0.6) is 0 Å². The van der Waals surface area contributed by atoms with Crippen LogP contribution in [0.2, 0.25) is 0 Å². The molecule has 0 spiro atoms. The standard InChI is InChI=1S/C18H18N2O4S/c1-24-18(23)16-14(9-11-25-16)19-17(22)12-5-7-13(8-6-12)20-10-3-2-4-15(20)21/h5-9,11H,2-4,10H2,1H3,(H,19,22). The van der Waals surface area contributed by atoms with Crippen LogP contribution in [0.15, 0.2) is 35.7 Å². The maximum absolute atomic E-state index is 12.4. The van der Waals surface area contributed by atoms with Crippen LogP contribution in [-0.4, -0.2) is 31.4 Å². The second kappa shape index (κ2) is 7.48. The lowest BCUT2D eigenvalue weighted by Crippen LogP contribution is -2.35. The average Bonchev–Trinajstić information content (AvgIpc) is 3.09. The second-order valence-electron chi connectivity index (χ2n) is 5.66. The number of methoxy groups -OCH3 is 1. The molecule has 1 saturated heterocycles. The van der Waals surface area contributed by atoms with E-state index in [0.29, 0.717) is 29.1 Å². The minimum absolute atomic E-state index is 0.115. The van der Waals surface area contributed by atoms with E-state index in [1.54, 1.807) is 40.6 Å². The van der Waals surface area contributed by atoms with E-state index in [1.165, 1.54) is 18.4 Å². The van der Waals surface area contributed by atoms with Gasteiger partial charge in [-0.2, -0.15) is 0 Å². The second-order valence-corrected chi connectivity index (χ2v) is 6.57. The number of thiophene rings is 1. The predicted octanol–water partition coefficient (Wildman–Crippen LogP) is 3.30. The van der Waals surface area contributed by atoms with Crippen LogP contribution in [-0.2, 0) is 9.53 Å². The number of carbonyl (C=O) groups is 3. The number of carbonyl (C=O) groups excluding carboxylic acids is 3. The van der Waals surface area contributed by atoms with Crippen molar-refractivity contribution in [3.63, 3.8) is 0 Å². The summed E-state index contributed by atoms with van der Waals surface area (Å²) < 4.78 is 4.70. The first kappa shape index (κ1) is 17.2. The van der Waals surface area contributed by atoms with Gasteiger partial charge in [-0.3, -0.25) is 9.59 Å². The van der Waals surface area contributed by atoms with Gasteiger partial charge in [-0.25, -0.2) is 4.79 Å². The molecule has 2 aromatic rings. The van der Waals surface area contributed by atoms with Crippen molar-refractivity contribution in [2.24, 2.45) is 0 Å². The van der Waals surface area contributed by atoms with E-state index in [-0.39, 0.29) is 11.8 Å². The molecule has 2 amide bonds. The number of ether oxygens (including phenoxy) is 1. The Bertz CT molecular complexity index is 798. The zero-order valence-electron chi connectivity index (χ0n) is 13.8. The predicted molar refractivity (Wildman–Crippen MR) is 96.3 cm³/mol. The Morgan fingerprint density at radius 2 is 1.92 bits per heavy atom. The van der Waals surface area contributed by atoms with E-state index in [0.717, 1.165) is 18.5 Å². The highest BCUT2D eigenvalue weighted by Gasteiger charge is 2.20. The van der Waals surface area contributed by atoms with Gasteiger partial charge in [0.15, 0.2) is 0 Å². The van der Waals surface area contributed by atoms with Crippen LogP contribution >= 0.6 is 11.3 Å². The van der Waals surface area contributed by atoms with Crippen molar-refractivity contribution in [1.82, 2.24) is 0 Å². The van der Waals surface area contributed by atoms with Gasteiger partial charge >= 0.3 is 5.97 Å². The van der Waals surface area contributed by atoms with Gasteiger partial charge in [0.2, 0.25) is 5.91 Å². The van der Waals surface area contributed by atoms with E-state index in [2.05, 4.69) is 5.32 Å².